The molecule has 5 aliphatic heterocycles. The van der Waals surface area contributed by atoms with Crippen LogP contribution in [-0.4, -0.2) is 101 Å². The molecule has 105 heavy (non-hydrogen) atoms. The SMILES string of the molecule is C[C@H](NC(=O)c1c2c(nn1-c1ccc(Cl)cc1Cl)/C(=C/c1ccc(F)cc1)CSC2)c1ccccc1.O=C(NN1CC2CCCC2C1)c1c2c(nn1-c1ccc(Cl)cc1Cl)/C(=C/c1ccc(F)cc1)CSC2.O=C(NN1CCCCC1)c1nn(-c2ccc(Cl)cc2)c2c1CSC/C2=C\c1ccc(F)cc1. The minimum Gasteiger partial charge on any atom is -0.344 e. The first-order chi connectivity index (χ1) is 50.9. The summed E-state index contributed by atoms with van der Waals surface area (Å²) in [5, 5.41) is 24.2. The van der Waals surface area contributed by atoms with Crippen molar-refractivity contribution in [3.63, 3.8) is 0 Å². The lowest BCUT2D eigenvalue weighted by molar-refractivity contribution is 0.0742. The number of carbonyl (C=O) groups is 3. The second kappa shape index (κ2) is 33.4. The van der Waals surface area contributed by atoms with E-state index in [9.17, 15) is 27.6 Å². The Bertz CT molecular complexity index is 4960. The average Bonchev–Trinajstić information content (AvgIpc) is 1.63. The van der Waals surface area contributed by atoms with Crippen molar-refractivity contribution < 1.29 is 27.6 Å². The van der Waals surface area contributed by atoms with Crippen LogP contribution in [0.3, 0.4) is 0 Å². The molecule has 8 heterocycles. The van der Waals surface area contributed by atoms with Crippen LogP contribution in [0, 0.1) is 29.3 Å². The topological polar surface area (TPSA) is 147 Å². The molecular formula is C80H71Cl5F3N11O3S3. The number of hydrogen-bond donors (Lipinski definition) is 3. The summed E-state index contributed by atoms with van der Waals surface area (Å²) >= 11 is 36.7. The third kappa shape index (κ3) is 17.2. The highest BCUT2D eigenvalue weighted by atomic mass is 35.5. The number of halogens is 8. The van der Waals surface area contributed by atoms with Crippen LogP contribution in [-0.2, 0) is 17.3 Å². The van der Waals surface area contributed by atoms with Gasteiger partial charge in [-0.2, -0.15) is 50.6 Å². The summed E-state index contributed by atoms with van der Waals surface area (Å²) in [7, 11) is 0. The van der Waals surface area contributed by atoms with Crippen LogP contribution in [0.1, 0.15) is 139 Å². The fourth-order valence-corrected chi connectivity index (χ4v) is 18.3. The third-order valence-corrected chi connectivity index (χ3v) is 23.6. The molecule has 1 saturated carbocycles. The third-order valence-electron chi connectivity index (χ3n) is 19.2. The highest BCUT2D eigenvalue weighted by Crippen LogP contribution is 2.43. The van der Waals surface area contributed by atoms with Crippen molar-refractivity contribution >= 4 is 146 Å². The van der Waals surface area contributed by atoms with Gasteiger partial charge in [-0.1, -0.05) is 138 Å². The smallest absolute Gasteiger partial charge is 0.286 e. The Balaban J connectivity index is 0.000000133. The molecule has 2 saturated heterocycles. The predicted octanol–water partition coefficient (Wildman–Crippen LogP) is 19.7. The zero-order valence-corrected chi connectivity index (χ0v) is 63.1. The summed E-state index contributed by atoms with van der Waals surface area (Å²) in [6.45, 7) is 5.44. The van der Waals surface area contributed by atoms with Crippen LogP contribution in [0.25, 0.3) is 52.0 Å². The van der Waals surface area contributed by atoms with Crippen molar-refractivity contribution in [3.8, 4) is 17.1 Å². The lowest BCUT2D eigenvalue weighted by atomic mass is 10.0. The molecule has 6 aliphatic rings. The molecule has 1 aliphatic carbocycles. The molecule has 3 atom stereocenters. The van der Waals surface area contributed by atoms with Gasteiger partial charge < -0.3 is 5.32 Å². The van der Waals surface area contributed by atoms with Crippen LogP contribution < -0.4 is 16.2 Å². The molecule has 3 aromatic heterocycles. The number of nitrogens with one attached hydrogen (secondary N) is 3. The molecular weight excluding hydrogens is 1490 g/mol. The van der Waals surface area contributed by atoms with Crippen LogP contribution in [0.15, 0.2) is 164 Å². The molecule has 7 aromatic carbocycles. The summed E-state index contributed by atoms with van der Waals surface area (Å²) in [4.78, 5) is 40.8. The van der Waals surface area contributed by atoms with Gasteiger partial charge >= 0.3 is 0 Å². The van der Waals surface area contributed by atoms with Crippen LogP contribution in [0.5, 0.6) is 0 Å². The van der Waals surface area contributed by atoms with Crippen molar-refractivity contribution in [1.29, 1.82) is 0 Å². The highest BCUT2D eigenvalue weighted by molar-refractivity contribution is 7.99. The molecule has 14 nitrogen and oxygen atoms in total. The van der Waals surface area contributed by atoms with E-state index in [0.717, 1.165) is 135 Å². The summed E-state index contributed by atoms with van der Waals surface area (Å²) in [5.41, 5.74) is 21.3. The van der Waals surface area contributed by atoms with Gasteiger partial charge in [0.15, 0.2) is 5.69 Å². The maximum Gasteiger partial charge on any atom is 0.286 e. The second-order valence-corrected chi connectivity index (χ2v) is 31.5. The van der Waals surface area contributed by atoms with Crippen molar-refractivity contribution in [2.75, 3.05) is 43.4 Å². The van der Waals surface area contributed by atoms with Crippen molar-refractivity contribution in [3.05, 3.63) is 279 Å². The maximum absolute atomic E-state index is 13.8. The van der Waals surface area contributed by atoms with Gasteiger partial charge in [-0.25, -0.2) is 37.2 Å². The number of thioether (sulfide) groups is 3. The molecule has 2 unspecified atom stereocenters. The van der Waals surface area contributed by atoms with E-state index in [-0.39, 0.29) is 41.2 Å². The summed E-state index contributed by atoms with van der Waals surface area (Å²) in [6.07, 6.45) is 13.2. The number of benzene rings is 7. The number of rotatable bonds is 13. The summed E-state index contributed by atoms with van der Waals surface area (Å²) in [6, 6.07) is 46.5. The van der Waals surface area contributed by atoms with E-state index >= 15 is 0 Å². The predicted molar refractivity (Wildman–Crippen MR) is 422 cm³/mol. The van der Waals surface area contributed by atoms with E-state index in [1.54, 1.807) is 117 Å². The Morgan fingerprint density at radius 2 is 0.933 bits per heavy atom. The standard InChI is InChI=1S/C28H22Cl2FN3OS.C27H25Cl2FN4OS.C25H24ClFN4OS/c1-17(19-5-3-2-4-6-19)32-28(35)27-23-16-36-15-20(13-18-7-10-22(31)11-8-18)26(23)33-34(27)25-12-9-21(29)14-24(25)30;28-20-6-9-24(23(29)11-20)34-26(27(35)32-33-12-17-2-1-3-18(17)13-33)22-15-36-14-19(25(22)31-34)10-16-4-7-21(30)8-5-16;26-19-6-10-21(11-7-19)31-24-18(14-17-4-8-20(27)9-5-17)15-33-16-22(24)23(28-31)25(32)29-30-12-2-1-3-13-30/h2-14,17H,15-16H2,1H3,(H,32,35);4-11,17-18H,1-3,12-15H2,(H,32,35);4-11,14H,1-3,12-13,15-16H2,(H,29,32)/b20-13+;19-10+;18-14+/t17-;;/m0../s1. The minimum atomic E-state index is -0.288. The van der Waals surface area contributed by atoms with Gasteiger partial charge in [0.1, 0.15) is 28.8 Å². The fraction of sp³-hybridized carbons (Fsp3) is 0.250. The quantitative estimate of drug-likeness (QED) is 0.101. The normalized spacial score (nSPS) is 18.4. The van der Waals surface area contributed by atoms with Crippen LogP contribution in [0.4, 0.5) is 13.2 Å². The molecule has 538 valence electrons. The minimum absolute atomic E-state index is 0.176. The zero-order valence-electron chi connectivity index (χ0n) is 56.9. The Morgan fingerprint density at radius 1 is 0.476 bits per heavy atom. The van der Waals surface area contributed by atoms with Crippen molar-refractivity contribution in [1.82, 2.24) is 55.5 Å². The largest absolute Gasteiger partial charge is 0.344 e. The monoisotopic (exact) mass is 1560 g/mol. The first kappa shape index (κ1) is 73.9. The Hall–Kier alpha value is -7.99. The first-order valence-electron chi connectivity index (χ1n) is 34.6. The first-order valence-corrected chi connectivity index (χ1v) is 39.9. The van der Waals surface area contributed by atoms with Gasteiger partial charge in [0, 0.05) is 92.5 Å². The van der Waals surface area contributed by atoms with Crippen molar-refractivity contribution in [2.24, 2.45) is 11.8 Å². The highest BCUT2D eigenvalue weighted by Gasteiger charge is 2.39. The Labute approximate surface area is 644 Å². The van der Waals surface area contributed by atoms with Gasteiger partial charge in [0.05, 0.1) is 50.2 Å². The molecule has 0 spiro atoms. The molecule has 0 radical (unpaired) electrons. The number of piperidine rings is 1. The Morgan fingerprint density at radius 3 is 1.44 bits per heavy atom. The number of nitrogens with zero attached hydrogens (tertiary/aromatic N) is 8. The number of fused-ring (bicyclic) bond motifs is 4. The van der Waals surface area contributed by atoms with E-state index in [2.05, 4.69) is 21.2 Å². The summed E-state index contributed by atoms with van der Waals surface area (Å²) < 4.78 is 45.4. The number of aromatic nitrogens is 6. The molecule has 3 N–H and O–H groups in total. The van der Waals surface area contributed by atoms with E-state index in [4.69, 9.17) is 73.3 Å². The van der Waals surface area contributed by atoms with Crippen LogP contribution >= 0.6 is 93.3 Å². The lowest BCUT2D eigenvalue weighted by Crippen LogP contribution is -2.45. The summed E-state index contributed by atoms with van der Waals surface area (Å²) in [5.74, 6) is 4.13. The lowest BCUT2D eigenvalue weighted by Gasteiger charge is -2.26. The van der Waals surface area contributed by atoms with E-state index in [1.165, 1.54) is 62.1 Å². The van der Waals surface area contributed by atoms with Gasteiger partial charge in [-0.3, -0.25) is 25.2 Å². The van der Waals surface area contributed by atoms with Gasteiger partial charge in [-0.05, 0) is 199 Å². The maximum atomic E-state index is 13.8. The average molecular weight is 1560 g/mol. The molecule has 25 heteroatoms. The van der Waals surface area contributed by atoms with Gasteiger partial charge in [0.25, 0.3) is 17.7 Å². The van der Waals surface area contributed by atoms with E-state index < -0.39 is 0 Å². The number of hydrogen-bond acceptors (Lipinski definition) is 11. The van der Waals surface area contributed by atoms with Gasteiger partial charge in [-0.15, -0.1) is 0 Å². The molecule has 3 amide bonds. The van der Waals surface area contributed by atoms with Crippen molar-refractivity contribution in [2.45, 2.75) is 68.7 Å². The Kier molecular flexibility index (Phi) is 23.5. The van der Waals surface area contributed by atoms with Crippen LogP contribution in [0.2, 0.25) is 25.1 Å². The molecule has 16 rings (SSSR count). The van der Waals surface area contributed by atoms with E-state index in [0.29, 0.717) is 82.7 Å². The fourth-order valence-electron chi connectivity index (χ4n) is 14.1. The van der Waals surface area contributed by atoms with Gasteiger partial charge in [0.2, 0.25) is 0 Å². The number of hydrazine groups is 2. The second-order valence-electron chi connectivity index (χ2n) is 26.5. The zero-order chi connectivity index (χ0) is 72.8. The molecule has 0 bridgehead atoms. The molecule has 3 fully saturated rings. The van der Waals surface area contributed by atoms with E-state index in [1.807, 2.05) is 89.4 Å². The molecule has 10 aromatic rings. The number of carbonyl (C=O) groups excluding carboxylic acids is 3. The number of amides is 3.